The number of aromatic nitrogens is 1. The number of fused-ring (bicyclic) bond motifs is 1. The Morgan fingerprint density at radius 3 is 3.06 bits per heavy atom. The van der Waals surface area contributed by atoms with E-state index in [4.69, 9.17) is 5.11 Å². The average Bonchev–Trinajstić information content (AvgIpc) is 2.79. The fraction of sp³-hybridized carbons (Fsp3) is 0.333. The van der Waals surface area contributed by atoms with Crippen LogP contribution in [-0.4, -0.2) is 34.4 Å². The van der Waals surface area contributed by atoms with E-state index in [0.29, 0.717) is 5.75 Å². The second-order valence-electron chi connectivity index (χ2n) is 3.89. The summed E-state index contributed by atoms with van der Waals surface area (Å²) in [6.45, 7) is 1.72. The van der Waals surface area contributed by atoms with E-state index in [-0.39, 0.29) is 18.6 Å². The zero-order valence-corrected chi connectivity index (χ0v) is 11.6. The third kappa shape index (κ3) is 3.44. The summed E-state index contributed by atoms with van der Waals surface area (Å²) in [4.78, 5) is 16.0. The van der Waals surface area contributed by atoms with Crippen molar-refractivity contribution in [3.05, 3.63) is 24.3 Å². The third-order valence-corrected chi connectivity index (χ3v) is 4.46. The van der Waals surface area contributed by atoms with Crippen LogP contribution in [0.1, 0.15) is 6.92 Å². The lowest BCUT2D eigenvalue weighted by atomic mass is 10.3. The van der Waals surface area contributed by atoms with E-state index in [1.165, 1.54) is 11.8 Å². The largest absolute Gasteiger partial charge is 0.394 e. The third-order valence-electron chi connectivity index (χ3n) is 2.28. The number of thiazole rings is 1. The summed E-state index contributed by atoms with van der Waals surface area (Å²) >= 11 is 3.01. The highest BCUT2D eigenvalue weighted by Gasteiger charge is 2.09. The Morgan fingerprint density at radius 1 is 1.56 bits per heavy atom. The Bertz CT molecular complexity index is 509. The molecule has 0 bridgehead atoms. The van der Waals surface area contributed by atoms with Crippen molar-refractivity contribution in [1.29, 1.82) is 0 Å². The maximum Gasteiger partial charge on any atom is 0.230 e. The number of para-hydroxylation sites is 1. The van der Waals surface area contributed by atoms with Gasteiger partial charge in [-0.3, -0.25) is 4.79 Å². The van der Waals surface area contributed by atoms with E-state index >= 15 is 0 Å². The van der Waals surface area contributed by atoms with Gasteiger partial charge in [-0.2, -0.15) is 0 Å². The molecule has 0 aliphatic rings. The van der Waals surface area contributed by atoms with Crippen molar-refractivity contribution in [2.45, 2.75) is 17.3 Å². The predicted octanol–water partition coefficient (Wildman–Crippen LogP) is 1.89. The second-order valence-corrected chi connectivity index (χ2v) is 6.14. The monoisotopic (exact) mass is 282 g/mol. The van der Waals surface area contributed by atoms with E-state index in [0.717, 1.165) is 14.6 Å². The Labute approximate surface area is 113 Å². The minimum absolute atomic E-state index is 0.0441. The molecular formula is C12H14N2O2S2. The van der Waals surface area contributed by atoms with Crippen molar-refractivity contribution in [2.24, 2.45) is 0 Å². The first-order valence-corrected chi connectivity index (χ1v) is 7.38. The topological polar surface area (TPSA) is 62.2 Å². The molecule has 96 valence electrons. The molecule has 2 N–H and O–H groups in total. The smallest absolute Gasteiger partial charge is 0.230 e. The number of amides is 1. The maximum absolute atomic E-state index is 11.5. The molecule has 4 nitrogen and oxygen atoms in total. The number of thioether (sulfide) groups is 1. The predicted molar refractivity (Wildman–Crippen MR) is 75.0 cm³/mol. The summed E-state index contributed by atoms with van der Waals surface area (Å²) in [5, 5.41) is 11.5. The molecule has 1 heterocycles. The molecular weight excluding hydrogens is 268 g/mol. The Hall–Kier alpha value is -1.11. The molecule has 0 fully saturated rings. The molecule has 1 atom stereocenters. The fourth-order valence-corrected chi connectivity index (χ4v) is 3.28. The number of hydrogen-bond donors (Lipinski definition) is 2. The van der Waals surface area contributed by atoms with Crippen LogP contribution in [-0.2, 0) is 4.79 Å². The standard InChI is InChI=1S/C12H14N2O2S2/c1-8(6-15)13-11(16)7-17-12-14-9-4-2-3-5-10(9)18-12/h2-5,8,15H,6-7H2,1H3,(H,13,16). The van der Waals surface area contributed by atoms with Crippen molar-refractivity contribution in [1.82, 2.24) is 10.3 Å². The van der Waals surface area contributed by atoms with E-state index in [2.05, 4.69) is 10.3 Å². The van der Waals surface area contributed by atoms with Gasteiger partial charge in [0.25, 0.3) is 0 Å². The number of nitrogens with one attached hydrogen (secondary N) is 1. The van der Waals surface area contributed by atoms with Gasteiger partial charge in [-0.05, 0) is 19.1 Å². The molecule has 0 radical (unpaired) electrons. The normalized spacial score (nSPS) is 12.6. The Balaban J connectivity index is 1.92. The molecule has 6 heteroatoms. The minimum atomic E-state index is -0.200. The molecule has 2 rings (SSSR count). The van der Waals surface area contributed by atoms with Crippen LogP contribution in [0.15, 0.2) is 28.6 Å². The summed E-state index contributed by atoms with van der Waals surface area (Å²) in [7, 11) is 0. The van der Waals surface area contributed by atoms with Gasteiger partial charge < -0.3 is 10.4 Å². The van der Waals surface area contributed by atoms with Gasteiger partial charge in [-0.25, -0.2) is 4.98 Å². The number of aliphatic hydroxyl groups is 1. The number of carbonyl (C=O) groups excluding carboxylic acids is 1. The lowest BCUT2D eigenvalue weighted by Gasteiger charge is -2.09. The van der Waals surface area contributed by atoms with Crippen molar-refractivity contribution >= 4 is 39.2 Å². The molecule has 0 saturated heterocycles. The van der Waals surface area contributed by atoms with Gasteiger partial charge in [0.15, 0.2) is 4.34 Å². The summed E-state index contributed by atoms with van der Waals surface area (Å²) in [6.07, 6.45) is 0. The lowest BCUT2D eigenvalue weighted by molar-refractivity contribution is -0.119. The molecule has 1 aromatic carbocycles. The summed E-state index contributed by atoms with van der Waals surface area (Å²) in [6, 6.07) is 7.71. The lowest BCUT2D eigenvalue weighted by Crippen LogP contribution is -2.36. The average molecular weight is 282 g/mol. The first kappa shape index (κ1) is 13.3. The molecule has 2 aromatic rings. The number of hydrogen-bond acceptors (Lipinski definition) is 5. The van der Waals surface area contributed by atoms with Crippen LogP contribution in [0.25, 0.3) is 10.2 Å². The van der Waals surface area contributed by atoms with Crippen LogP contribution < -0.4 is 5.32 Å². The van der Waals surface area contributed by atoms with Gasteiger partial charge in [0.05, 0.1) is 22.6 Å². The van der Waals surface area contributed by atoms with Crippen molar-refractivity contribution in [2.75, 3.05) is 12.4 Å². The van der Waals surface area contributed by atoms with E-state index in [1.54, 1.807) is 18.3 Å². The molecule has 1 unspecified atom stereocenters. The van der Waals surface area contributed by atoms with Crippen LogP contribution in [0.4, 0.5) is 0 Å². The number of benzene rings is 1. The highest BCUT2D eigenvalue weighted by Crippen LogP contribution is 2.28. The van der Waals surface area contributed by atoms with Gasteiger partial charge in [0.1, 0.15) is 0 Å². The SMILES string of the molecule is CC(CO)NC(=O)CSc1nc2ccccc2s1. The van der Waals surface area contributed by atoms with Gasteiger partial charge in [0, 0.05) is 6.04 Å². The molecule has 0 aliphatic heterocycles. The molecule has 0 saturated carbocycles. The van der Waals surface area contributed by atoms with Gasteiger partial charge in [0.2, 0.25) is 5.91 Å². The zero-order valence-electron chi connectivity index (χ0n) is 9.92. The highest BCUT2D eigenvalue weighted by atomic mass is 32.2. The van der Waals surface area contributed by atoms with Crippen LogP contribution in [0.2, 0.25) is 0 Å². The number of rotatable bonds is 5. The van der Waals surface area contributed by atoms with Crippen molar-refractivity contribution < 1.29 is 9.90 Å². The van der Waals surface area contributed by atoms with Crippen LogP contribution >= 0.6 is 23.1 Å². The van der Waals surface area contributed by atoms with E-state index in [9.17, 15) is 4.79 Å². The van der Waals surface area contributed by atoms with Gasteiger partial charge >= 0.3 is 0 Å². The molecule has 1 amide bonds. The quantitative estimate of drug-likeness (QED) is 0.822. The Morgan fingerprint density at radius 2 is 2.33 bits per heavy atom. The molecule has 18 heavy (non-hydrogen) atoms. The fourth-order valence-electron chi connectivity index (χ4n) is 1.40. The number of nitrogens with zero attached hydrogens (tertiary/aromatic N) is 1. The first-order chi connectivity index (χ1) is 8.69. The minimum Gasteiger partial charge on any atom is -0.394 e. The summed E-state index contributed by atoms with van der Waals surface area (Å²) < 4.78 is 2.02. The maximum atomic E-state index is 11.5. The van der Waals surface area contributed by atoms with Gasteiger partial charge in [-0.1, -0.05) is 23.9 Å². The number of aliphatic hydroxyl groups excluding tert-OH is 1. The van der Waals surface area contributed by atoms with Crippen LogP contribution in [0.5, 0.6) is 0 Å². The first-order valence-electron chi connectivity index (χ1n) is 5.57. The van der Waals surface area contributed by atoms with Gasteiger partial charge in [-0.15, -0.1) is 11.3 Å². The van der Waals surface area contributed by atoms with E-state index < -0.39 is 0 Å². The van der Waals surface area contributed by atoms with Crippen LogP contribution in [0.3, 0.4) is 0 Å². The molecule has 1 aromatic heterocycles. The van der Waals surface area contributed by atoms with Crippen molar-refractivity contribution in [3.8, 4) is 0 Å². The molecule has 0 aliphatic carbocycles. The number of carbonyl (C=O) groups is 1. The zero-order chi connectivity index (χ0) is 13.0. The second kappa shape index (κ2) is 6.17. The molecule has 0 spiro atoms. The van der Waals surface area contributed by atoms with Crippen molar-refractivity contribution in [3.63, 3.8) is 0 Å². The Kier molecular flexibility index (Phi) is 4.57. The summed E-state index contributed by atoms with van der Waals surface area (Å²) in [5.74, 6) is 0.241. The van der Waals surface area contributed by atoms with Crippen LogP contribution in [0, 0.1) is 0 Å². The van der Waals surface area contributed by atoms with E-state index in [1.807, 2.05) is 24.3 Å². The highest BCUT2D eigenvalue weighted by molar-refractivity contribution is 8.01. The summed E-state index contributed by atoms with van der Waals surface area (Å²) in [5.41, 5.74) is 0.967.